The lowest BCUT2D eigenvalue weighted by Gasteiger charge is -2.07. The first kappa shape index (κ1) is 18.9. The van der Waals surface area contributed by atoms with Gasteiger partial charge in [0.25, 0.3) is 5.91 Å². The number of carbonyl (C=O) groups excluding carboxylic acids is 2. The molecule has 0 fully saturated rings. The van der Waals surface area contributed by atoms with Crippen molar-refractivity contribution in [2.75, 3.05) is 6.54 Å². The van der Waals surface area contributed by atoms with Crippen LogP contribution in [0.5, 0.6) is 0 Å². The van der Waals surface area contributed by atoms with Crippen LogP contribution in [0.2, 0.25) is 5.02 Å². The molecule has 0 saturated heterocycles. The minimum atomic E-state index is -1.02. The lowest BCUT2D eigenvalue weighted by molar-refractivity contribution is -0.145. The number of amides is 1. The maximum Gasteiger partial charge on any atom is 0.306 e. The van der Waals surface area contributed by atoms with Gasteiger partial charge in [0.05, 0.1) is 0 Å². The largest absolute Gasteiger partial charge is 0.461 e. The van der Waals surface area contributed by atoms with Crippen molar-refractivity contribution in [2.24, 2.45) is 0 Å². The van der Waals surface area contributed by atoms with Crippen molar-refractivity contribution >= 4 is 23.5 Å². The van der Waals surface area contributed by atoms with Gasteiger partial charge in [-0.15, -0.1) is 0 Å². The van der Waals surface area contributed by atoms with Crippen LogP contribution in [0.4, 0.5) is 8.78 Å². The van der Waals surface area contributed by atoms with Gasteiger partial charge in [-0.05, 0) is 36.8 Å². The number of ether oxygens (including phenoxy) is 1. The molecule has 2 aromatic carbocycles. The van der Waals surface area contributed by atoms with E-state index in [1.807, 2.05) is 0 Å². The summed E-state index contributed by atoms with van der Waals surface area (Å²) in [6.45, 7) is -0.0511. The molecule has 1 amide bonds. The quantitative estimate of drug-likeness (QED) is 0.597. The number of benzene rings is 2. The number of halogens is 3. The summed E-state index contributed by atoms with van der Waals surface area (Å²) >= 11 is 5.74. The van der Waals surface area contributed by atoms with Crippen LogP contribution in [0.1, 0.15) is 28.8 Å². The molecule has 2 rings (SSSR count). The highest BCUT2D eigenvalue weighted by atomic mass is 35.5. The lowest BCUT2D eigenvalue weighted by atomic mass is 10.2. The van der Waals surface area contributed by atoms with Gasteiger partial charge in [0.1, 0.15) is 6.61 Å². The predicted molar refractivity (Wildman–Crippen MR) is 89.2 cm³/mol. The van der Waals surface area contributed by atoms with E-state index in [0.29, 0.717) is 17.0 Å². The molecule has 4 nitrogen and oxygen atoms in total. The van der Waals surface area contributed by atoms with E-state index in [1.165, 1.54) is 12.1 Å². The Balaban J connectivity index is 1.67. The molecule has 0 aromatic heterocycles. The zero-order valence-electron chi connectivity index (χ0n) is 13.2. The topological polar surface area (TPSA) is 55.4 Å². The number of esters is 1. The standard InChI is InChI=1S/C18H16ClF2NO3/c19-14-8-6-12(7-9-14)18(24)22-10-2-5-16(23)25-11-13-3-1-4-15(20)17(13)21/h1,3-4,6-9H,2,5,10-11H2,(H,22,24). The Bertz CT molecular complexity index is 750. The molecule has 0 saturated carbocycles. The molecule has 25 heavy (non-hydrogen) atoms. The molecular weight excluding hydrogens is 352 g/mol. The smallest absolute Gasteiger partial charge is 0.306 e. The summed E-state index contributed by atoms with van der Waals surface area (Å²) in [6.07, 6.45) is 0.418. The summed E-state index contributed by atoms with van der Waals surface area (Å²) in [7, 11) is 0. The van der Waals surface area contributed by atoms with Gasteiger partial charge in [-0.1, -0.05) is 23.7 Å². The van der Waals surface area contributed by atoms with Gasteiger partial charge in [-0.2, -0.15) is 0 Å². The van der Waals surface area contributed by atoms with Gasteiger partial charge in [0, 0.05) is 29.1 Å². The average Bonchev–Trinajstić information content (AvgIpc) is 2.60. The van der Waals surface area contributed by atoms with Gasteiger partial charge in [-0.25, -0.2) is 8.78 Å². The van der Waals surface area contributed by atoms with Crippen molar-refractivity contribution in [2.45, 2.75) is 19.4 Å². The van der Waals surface area contributed by atoms with E-state index < -0.39 is 17.6 Å². The lowest BCUT2D eigenvalue weighted by Crippen LogP contribution is -2.25. The van der Waals surface area contributed by atoms with Gasteiger partial charge < -0.3 is 10.1 Å². The summed E-state index contributed by atoms with van der Waals surface area (Å²) in [4.78, 5) is 23.4. The first-order valence-corrected chi connectivity index (χ1v) is 7.97. The third kappa shape index (κ3) is 5.83. The van der Waals surface area contributed by atoms with E-state index in [2.05, 4.69) is 5.32 Å². The first-order chi connectivity index (χ1) is 12.0. The Morgan fingerprint density at radius 1 is 1.08 bits per heavy atom. The zero-order chi connectivity index (χ0) is 18.2. The summed E-state index contributed by atoms with van der Waals surface area (Å²) in [5.74, 6) is -2.83. The maximum atomic E-state index is 13.4. The van der Waals surface area contributed by atoms with Crippen molar-refractivity contribution in [3.8, 4) is 0 Å². The van der Waals surface area contributed by atoms with Gasteiger partial charge >= 0.3 is 5.97 Å². The van der Waals surface area contributed by atoms with Crippen molar-refractivity contribution < 1.29 is 23.1 Å². The van der Waals surface area contributed by atoms with Crippen LogP contribution in [0.3, 0.4) is 0 Å². The summed E-state index contributed by atoms with van der Waals surface area (Å²) in [5.41, 5.74) is 0.443. The monoisotopic (exact) mass is 367 g/mol. The van der Waals surface area contributed by atoms with E-state index >= 15 is 0 Å². The predicted octanol–water partition coefficient (Wildman–Crippen LogP) is 3.87. The minimum absolute atomic E-state index is 0.0237. The Labute approximate surface area is 148 Å². The Morgan fingerprint density at radius 2 is 1.80 bits per heavy atom. The average molecular weight is 368 g/mol. The molecule has 0 aliphatic rings. The Hall–Kier alpha value is -2.47. The SMILES string of the molecule is O=C(CCCNC(=O)c1ccc(Cl)cc1)OCc1cccc(F)c1F. The van der Waals surface area contributed by atoms with Crippen molar-refractivity contribution in [3.05, 3.63) is 70.2 Å². The molecule has 1 N–H and O–H groups in total. The molecule has 0 aliphatic heterocycles. The molecule has 0 atom stereocenters. The zero-order valence-corrected chi connectivity index (χ0v) is 14.0. The molecule has 7 heteroatoms. The fourth-order valence-corrected chi connectivity index (χ4v) is 2.15. The molecule has 132 valence electrons. The molecule has 0 bridgehead atoms. The van der Waals surface area contributed by atoms with E-state index in [-0.39, 0.29) is 31.0 Å². The number of nitrogens with one attached hydrogen (secondary N) is 1. The van der Waals surface area contributed by atoms with Crippen molar-refractivity contribution in [3.63, 3.8) is 0 Å². The van der Waals surface area contributed by atoms with Gasteiger partial charge in [-0.3, -0.25) is 9.59 Å². The van der Waals surface area contributed by atoms with Crippen LogP contribution < -0.4 is 5.32 Å². The fourth-order valence-electron chi connectivity index (χ4n) is 2.03. The van der Waals surface area contributed by atoms with E-state index in [1.54, 1.807) is 24.3 Å². The number of hydrogen-bond acceptors (Lipinski definition) is 3. The van der Waals surface area contributed by atoms with Crippen molar-refractivity contribution in [1.29, 1.82) is 0 Å². The summed E-state index contributed by atoms with van der Waals surface area (Å²) in [5, 5.41) is 3.20. The van der Waals surface area contributed by atoms with Gasteiger partial charge in [0.15, 0.2) is 11.6 Å². The number of hydrogen-bond donors (Lipinski definition) is 1. The molecule has 0 heterocycles. The fraction of sp³-hybridized carbons (Fsp3) is 0.222. The molecule has 2 aromatic rings. The summed E-state index contributed by atoms with van der Waals surface area (Å²) < 4.78 is 31.3. The molecular formula is C18H16ClF2NO3. The normalized spacial score (nSPS) is 10.4. The van der Waals surface area contributed by atoms with Crippen LogP contribution in [0, 0.1) is 11.6 Å². The second-order valence-corrected chi connectivity index (χ2v) is 5.68. The molecule has 0 radical (unpaired) electrons. The van der Waals surface area contributed by atoms with Crippen LogP contribution in [-0.2, 0) is 16.1 Å². The Kier molecular flexibility index (Phi) is 6.89. The van der Waals surface area contributed by atoms with E-state index in [9.17, 15) is 18.4 Å². The second kappa shape index (κ2) is 9.13. The highest BCUT2D eigenvalue weighted by Gasteiger charge is 2.10. The minimum Gasteiger partial charge on any atom is -0.461 e. The molecule has 0 aliphatic carbocycles. The van der Waals surface area contributed by atoms with Crippen LogP contribution in [-0.4, -0.2) is 18.4 Å². The van der Waals surface area contributed by atoms with Crippen molar-refractivity contribution in [1.82, 2.24) is 5.32 Å². The highest BCUT2D eigenvalue weighted by molar-refractivity contribution is 6.30. The molecule has 0 unspecified atom stereocenters. The Morgan fingerprint density at radius 3 is 2.52 bits per heavy atom. The summed E-state index contributed by atoms with van der Waals surface area (Å²) in [6, 6.07) is 10.1. The van der Waals surface area contributed by atoms with E-state index in [0.717, 1.165) is 6.07 Å². The number of rotatable bonds is 7. The third-order valence-electron chi connectivity index (χ3n) is 3.37. The van der Waals surface area contributed by atoms with Crippen LogP contribution >= 0.6 is 11.6 Å². The maximum absolute atomic E-state index is 13.4. The first-order valence-electron chi connectivity index (χ1n) is 7.59. The second-order valence-electron chi connectivity index (χ2n) is 5.24. The van der Waals surface area contributed by atoms with Crippen LogP contribution in [0.15, 0.2) is 42.5 Å². The van der Waals surface area contributed by atoms with Crippen LogP contribution in [0.25, 0.3) is 0 Å². The van der Waals surface area contributed by atoms with Gasteiger partial charge in [0.2, 0.25) is 0 Å². The molecule has 0 spiro atoms. The highest BCUT2D eigenvalue weighted by Crippen LogP contribution is 2.13. The van der Waals surface area contributed by atoms with E-state index in [4.69, 9.17) is 16.3 Å². The number of carbonyl (C=O) groups is 2. The third-order valence-corrected chi connectivity index (χ3v) is 3.62.